The van der Waals surface area contributed by atoms with Crippen LogP contribution < -0.4 is 5.32 Å². The second-order valence-electron chi connectivity index (χ2n) is 5.26. The summed E-state index contributed by atoms with van der Waals surface area (Å²) in [7, 11) is 0. The van der Waals surface area contributed by atoms with Crippen molar-refractivity contribution in [2.24, 2.45) is 0 Å². The van der Waals surface area contributed by atoms with Crippen molar-refractivity contribution < 1.29 is 4.39 Å². The molecule has 2 atom stereocenters. The topological polar surface area (TPSA) is 42.7 Å². The summed E-state index contributed by atoms with van der Waals surface area (Å²) in [6.45, 7) is 4.35. The lowest BCUT2D eigenvalue weighted by Gasteiger charge is -2.29. The van der Waals surface area contributed by atoms with Gasteiger partial charge in [0.15, 0.2) is 5.82 Å². The maximum Gasteiger partial charge on any atom is 0.222 e. The number of nitrogens with one attached hydrogen (secondary N) is 1. The second kappa shape index (κ2) is 5.23. The summed E-state index contributed by atoms with van der Waals surface area (Å²) in [4.78, 5) is 4.57. The molecular formula is C15H19FN4. The van der Waals surface area contributed by atoms with Gasteiger partial charge in [0.25, 0.3) is 0 Å². The van der Waals surface area contributed by atoms with Gasteiger partial charge in [-0.25, -0.2) is 9.07 Å². The van der Waals surface area contributed by atoms with E-state index in [0.717, 1.165) is 30.8 Å². The molecule has 0 bridgehead atoms. The summed E-state index contributed by atoms with van der Waals surface area (Å²) in [5.41, 5.74) is 0.845. The van der Waals surface area contributed by atoms with Crippen LogP contribution in [0.15, 0.2) is 24.3 Å². The third-order valence-corrected chi connectivity index (χ3v) is 3.93. The van der Waals surface area contributed by atoms with Crippen LogP contribution in [0, 0.1) is 5.82 Å². The molecule has 0 aliphatic carbocycles. The van der Waals surface area contributed by atoms with E-state index in [2.05, 4.69) is 29.2 Å². The van der Waals surface area contributed by atoms with E-state index in [1.807, 2.05) is 4.68 Å². The predicted molar refractivity (Wildman–Crippen MR) is 77.1 cm³/mol. The van der Waals surface area contributed by atoms with E-state index in [1.54, 1.807) is 12.1 Å². The van der Waals surface area contributed by atoms with Crippen molar-refractivity contribution in [1.29, 1.82) is 0 Å². The lowest BCUT2D eigenvalue weighted by molar-refractivity contribution is 0.361. The van der Waals surface area contributed by atoms with Crippen LogP contribution in [-0.2, 0) is 0 Å². The Balaban J connectivity index is 1.97. The van der Waals surface area contributed by atoms with Gasteiger partial charge in [-0.1, -0.05) is 13.8 Å². The Kier molecular flexibility index (Phi) is 3.42. The van der Waals surface area contributed by atoms with E-state index in [4.69, 9.17) is 0 Å². The minimum atomic E-state index is -0.242. The largest absolute Gasteiger partial charge is 0.352 e. The lowest BCUT2D eigenvalue weighted by atomic mass is 10.0. The third-order valence-electron chi connectivity index (χ3n) is 3.93. The monoisotopic (exact) mass is 274 g/mol. The van der Waals surface area contributed by atoms with Crippen LogP contribution in [0.25, 0.3) is 11.4 Å². The van der Waals surface area contributed by atoms with Crippen LogP contribution in [0.4, 0.5) is 10.3 Å². The fourth-order valence-electron chi connectivity index (χ4n) is 2.68. The lowest BCUT2D eigenvalue weighted by Crippen LogP contribution is -2.31. The van der Waals surface area contributed by atoms with Crippen LogP contribution >= 0.6 is 0 Å². The molecule has 20 heavy (non-hydrogen) atoms. The van der Waals surface area contributed by atoms with Crippen LogP contribution in [0.3, 0.4) is 0 Å². The summed E-state index contributed by atoms with van der Waals surface area (Å²) in [6, 6.07) is 7.16. The average Bonchev–Trinajstić information content (AvgIpc) is 2.90. The van der Waals surface area contributed by atoms with Crippen molar-refractivity contribution in [3.63, 3.8) is 0 Å². The summed E-state index contributed by atoms with van der Waals surface area (Å²) >= 11 is 0. The van der Waals surface area contributed by atoms with Crippen molar-refractivity contribution in [1.82, 2.24) is 14.8 Å². The number of fused-ring (bicyclic) bond motifs is 1. The van der Waals surface area contributed by atoms with Crippen LogP contribution in [0.5, 0.6) is 0 Å². The first-order chi connectivity index (χ1) is 9.71. The Morgan fingerprint density at radius 3 is 2.65 bits per heavy atom. The molecule has 0 radical (unpaired) electrons. The van der Waals surface area contributed by atoms with E-state index < -0.39 is 0 Å². The zero-order valence-electron chi connectivity index (χ0n) is 11.8. The Bertz CT molecular complexity index is 590. The van der Waals surface area contributed by atoms with Crippen LogP contribution in [0.2, 0.25) is 0 Å². The Hall–Kier alpha value is -1.91. The quantitative estimate of drug-likeness (QED) is 0.929. The van der Waals surface area contributed by atoms with Crippen LogP contribution in [-0.4, -0.2) is 20.8 Å². The molecule has 1 aliphatic heterocycles. The first-order valence-electron chi connectivity index (χ1n) is 7.20. The summed E-state index contributed by atoms with van der Waals surface area (Å²) in [5, 5.41) is 8.02. The zero-order chi connectivity index (χ0) is 14.1. The van der Waals surface area contributed by atoms with Gasteiger partial charge < -0.3 is 5.32 Å². The van der Waals surface area contributed by atoms with Crippen molar-refractivity contribution in [3.8, 4) is 11.4 Å². The smallest absolute Gasteiger partial charge is 0.222 e. The maximum atomic E-state index is 13.0. The van der Waals surface area contributed by atoms with Gasteiger partial charge in [0.1, 0.15) is 5.82 Å². The molecule has 2 unspecified atom stereocenters. The normalized spacial score (nSPS) is 21.4. The Morgan fingerprint density at radius 2 is 2.00 bits per heavy atom. The summed E-state index contributed by atoms with van der Waals surface area (Å²) < 4.78 is 15.0. The molecule has 2 aromatic rings. The van der Waals surface area contributed by atoms with Crippen LogP contribution in [0.1, 0.15) is 39.2 Å². The number of hydrogen-bond acceptors (Lipinski definition) is 3. The molecular weight excluding hydrogens is 255 g/mol. The molecule has 1 aromatic heterocycles. The number of benzene rings is 1. The molecule has 4 nitrogen and oxygen atoms in total. The van der Waals surface area contributed by atoms with Crippen molar-refractivity contribution >= 4 is 5.95 Å². The SMILES string of the molecule is CCC1CC(CC)n2nc(-c3ccc(F)cc3)nc2N1. The molecule has 0 amide bonds. The molecule has 2 heterocycles. The number of anilines is 1. The molecule has 3 rings (SSSR count). The highest BCUT2D eigenvalue weighted by Gasteiger charge is 2.27. The molecule has 1 aromatic carbocycles. The number of hydrogen-bond donors (Lipinski definition) is 1. The van der Waals surface area contributed by atoms with Gasteiger partial charge in [-0.2, -0.15) is 4.98 Å². The van der Waals surface area contributed by atoms with E-state index in [-0.39, 0.29) is 5.82 Å². The Morgan fingerprint density at radius 1 is 1.25 bits per heavy atom. The van der Waals surface area contributed by atoms with Crippen molar-refractivity contribution in [3.05, 3.63) is 30.1 Å². The molecule has 5 heteroatoms. The number of rotatable bonds is 3. The maximum absolute atomic E-state index is 13.0. The van der Waals surface area contributed by atoms with Gasteiger partial charge >= 0.3 is 0 Å². The third kappa shape index (κ3) is 2.28. The van der Waals surface area contributed by atoms with Crippen molar-refractivity contribution in [2.75, 3.05) is 5.32 Å². The molecule has 0 fully saturated rings. The first kappa shape index (κ1) is 13.1. The minimum absolute atomic E-state index is 0.242. The molecule has 0 saturated heterocycles. The number of aromatic nitrogens is 3. The fraction of sp³-hybridized carbons (Fsp3) is 0.467. The Labute approximate surface area is 118 Å². The highest BCUT2D eigenvalue weighted by Crippen LogP contribution is 2.31. The fourth-order valence-corrected chi connectivity index (χ4v) is 2.68. The number of nitrogens with zero attached hydrogens (tertiary/aromatic N) is 3. The van der Waals surface area contributed by atoms with E-state index in [0.29, 0.717) is 17.9 Å². The summed E-state index contributed by atoms with van der Waals surface area (Å²) in [5.74, 6) is 1.24. The van der Waals surface area contributed by atoms with Gasteiger partial charge in [-0.05, 0) is 43.5 Å². The van der Waals surface area contributed by atoms with E-state index in [9.17, 15) is 4.39 Å². The standard InChI is InChI=1S/C15H19FN4/c1-3-12-9-13(4-2)20-15(17-12)18-14(19-20)10-5-7-11(16)8-6-10/h5-8,12-13H,3-4,9H2,1-2H3,(H,17,18,19). The molecule has 1 aliphatic rings. The highest BCUT2D eigenvalue weighted by molar-refractivity contribution is 5.56. The van der Waals surface area contributed by atoms with Gasteiger partial charge in [-0.15, -0.1) is 5.10 Å². The van der Waals surface area contributed by atoms with Crippen molar-refractivity contribution in [2.45, 2.75) is 45.2 Å². The minimum Gasteiger partial charge on any atom is -0.352 e. The summed E-state index contributed by atoms with van der Waals surface area (Å²) in [6.07, 6.45) is 3.19. The second-order valence-corrected chi connectivity index (χ2v) is 5.26. The molecule has 106 valence electrons. The number of halogens is 1. The zero-order valence-corrected chi connectivity index (χ0v) is 11.8. The van der Waals surface area contributed by atoms with E-state index in [1.165, 1.54) is 12.1 Å². The molecule has 1 N–H and O–H groups in total. The average molecular weight is 274 g/mol. The van der Waals surface area contributed by atoms with Gasteiger partial charge in [-0.3, -0.25) is 0 Å². The van der Waals surface area contributed by atoms with E-state index >= 15 is 0 Å². The van der Waals surface area contributed by atoms with Gasteiger partial charge in [0.2, 0.25) is 5.95 Å². The molecule has 0 saturated carbocycles. The highest BCUT2D eigenvalue weighted by atomic mass is 19.1. The first-order valence-corrected chi connectivity index (χ1v) is 7.20. The van der Waals surface area contributed by atoms with Gasteiger partial charge in [0.05, 0.1) is 6.04 Å². The molecule has 0 spiro atoms. The predicted octanol–water partition coefficient (Wildman–Crippen LogP) is 3.63. The van der Waals surface area contributed by atoms with Gasteiger partial charge in [0, 0.05) is 11.6 Å².